The monoisotopic (exact) mass is 209 g/mol. The molecule has 0 heterocycles. The second-order valence-corrected chi connectivity index (χ2v) is 3.26. The minimum atomic E-state index is -0.359. The number of nitrogens with two attached hydrogens (primary N) is 1. The summed E-state index contributed by atoms with van der Waals surface area (Å²) in [7, 11) is 3.10. The Morgan fingerprint density at radius 2 is 2.20 bits per heavy atom. The molecule has 1 rings (SSSR count). The summed E-state index contributed by atoms with van der Waals surface area (Å²) in [5.41, 5.74) is 5.86. The normalized spacial score (nSPS) is 20.4. The molecule has 1 amide bonds. The van der Waals surface area contributed by atoms with Crippen molar-refractivity contribution in [2.24, 2.45) is 11.7 Å². The van der Waals surface area contributed by atoms with Crippen LogP contribution in [0.2, 0.25) is 0 Å². The molecule has 0 radical (unpaired) electrons. The van der Waals surface area contributed by atoms with Gasteiger partial charge in [0.15, 0.2) is 11.5 Å². The number of methoxy groups -OCH3 is 2. The fourth-order valence-corrected chi connectivity index (χ4v) is 1.52. The summed E-state index contributed by atoms with van der Waals surface area (Å²) in [5, 5.41) is 0. The molecule has 15 heavy (non-hydrogen) atoms. The molecule has 0 spiro atoms. The molecule has 0 aromatic carbocycles. The third-order valence-electron chi connectivity index (χ3n) is 2.29. The van der Waals surface area contributed by atoms with E-state index in [-0.39, 0.29) is 18.2 Å². The fourth-order valence-electron chi connectivity index (χ4n) is 1.52. The summed E-state index contributed by atoms with van der Waals surface area (Å²) >= 11 is 0. The van der Waals surface area contributed by atoms with Gasteiger partial charge < -0.3 is 15.2 Å². The summed E-state index contributed by atoms with van der Waals surface area (Å²) in [6.45, 7) is 3.88. The molecule has 0 saturated heterocycles. The number of ether oxygens (including phenoxy) is 2. The van der Waals surface area contributed by atoms with Crippen molar-refractivity contribution in [3.63, 3.8) is 0 Å². The van der Waals surface area contributed by atoms with Crippen LogP contribution < -0.4 is 5.73 Å². The van der Waals surface area contributed by atoms with Gasteiger partial charge in [0.05, 0.1) is 14.2 Å². The van der Waals surface area contributed by atoms with Crippen molar-refractivity contribution in [1.29, 1.82) is 0 Å². The maximum Gasteiger partial charge on any atom is 0.218 e. The Balaban J connectivity index is 2.90. The smallest absolute Gasteiger partial charge is 0.218 e. The molecule has 0 aliphatic heterocycles. The Hall–Kier alpha value is -1.71. The molecule has 0 bridgehead atoms. The van der Waals surface area contributed by atoms with Crippen LogP contribution in [0.25, 0.3) is 0 Å². The van der Waals surface area contributed by atoms with Gasteiger partial charge in [-0.1, -0.05) is 12.7 Å². The topological polar surface area (TPSA) is 61.6 Å². The largest absolute Gasteiger partial charge is 0.493 e. The van der Waals surface area contributed by atoms with Gasteiger partial charge in [-0.05, 0) is 11.6 Å². The maximum absolute atomic E-state index is 10.8. The second kappa shape index (κ2) is 4.68. The molecule has 82 valence electrons. The van der Waals surface area contributed by atoms with Gasteiger partial charge in [-0.2, -0.15) is 0 Å². The zero-order valence-electron chi connectivity index (χ0n) is 8.95. The average molecular weight is 209 g/mol. The van der Waals surface area contributed by atoms with Crippen LogP contribution in [0, 0.1) is 5.92 Å². The Morgan fingerprint density at radius 1 is 1.53 bits per heavy atom. The first-order valence-electron chi connectivity index (χ1n) is 4.58. The lowest BCUT2D eigenvalue weighted by molar-refractivity contribution is -0.118. The average Bonchev–Trinajstić information content (AvgIpc) is 2.20. The first-order chi connectivity index (χ1) is 7.10. The molecule has 4 nitrogen and oxygen atoms in total. The third kappa shape index (κ3) is 2.40. The highest BCUT2D eigenvalue weighted by molar-refractivity contribution is 5.75. The molecule has 1 aliphatic carbocycles. The molecule has 0 aromatic heterocycles. The summed E-state index contributed by atoms with van der Waals surface area (Å²) in [4.78, 5) is 10.8. The van der Waals surface area contributed by atoms with Crippen LogP contribution in [0.15, 0.2) is 35.8 Å². The third-order valence-corrected chi connectivity index (χ3v) is 2.29. The predicted molar refractivity (Wildman–Crippen MR) is 56.6 cm³/mol. The molecule has 0 fully saturated rings. The van der Waals surface area contributed by atoms with Crippen molar-refractivity contribution in [2.45, 2.75) is 6.42 Å². The van der Waals surface area contributed by atoms with Crippen LogP contribution in [-0.2, 0) is 14.3 Å². The van der Waals surface area contributed by atoms with Crippen molar-refractivity contribution in [3.8, 4) is 0 Å². The maximum atomic E-state index is 10.8. The van der Waals surface area contributed by atoms with Crippen molar-refractivity contribution in [1.82, 2.24) is 0 Å². The number of hydrogen-bond donors (Lipinski definition) is 1. The standard InChI is InChI=1S/C11H15NO3/c1-7-8(6-10(12)13)4-5-9(14-2)11(7)15-3/h4-5,8H,1,6H2,2-3H3,(H2,12,13). The van der Waals surface area contributed by atoms with E-state index in [9.17, 15) is 4.79 Å². The summed E-state index contributed by atoms with van der Waals surface area (Å²) in [6.07, 6.45) is 3.84. The first kappa shape index (κ1) is 11.4. The highest BCUT2D eigenvalue weighted by Gasteiger charge is 2.23. The van der Waals surface area contributed by atoms with Crippen LogP contribution in [0.4, 0.5) is 0 Å². The van der Waals surface area contributed by atoms with Crippen LogP contribution >= 0.6 is 0 Å². The lowest BCUT2D eigenvalue weighted by atomic mass is 9.90. The highest BCUT2D eigenvalue weighted by Crippen LogP contribution is 2.30. The van der Waals surface area contributed by atoms with Gasteiger partial charge in [0.2, 0.25) is 5.91 Å². The lowest BCUT2D eigenvalue weighted by Gasteiger charge is -2.22. The number of hydrogen-bond acceptors (Lipinski definition) is 3. The lowest BCUT2D eigenvalue weighted by Crippen LogP contribution is -2.19. The molecule has 1 atom stereocenters. The zero-order chi connectivity index (χ0) is 11.4. The highest BCUT2D eigenvalue weighted by atomic mass is 16.5. The van der Waals surface area contributed by atoms with Crippen molar-refractivity contribution >= 4 is 5.91 Å². The van der Waals surface area contributed by atoms with Crippen LogP contribution in [0.3, 0.4) is 0 Å². The van der Waals surface area contributed by atoms with Gasteiger partial charge in [0, 0.05) is 12.3 Å². The first-order valence-corrected chi connectivity index (χ1v) is 4.58. The predicted octanol–water partition coefficient (Wildman–Crippen LogP) is 1.11. The van der Waals surface area contributed by atoms with E-state index in [4.69, 9.17) is 15.2 Å². The van der Waals surface area contributed by atoms with E-state index in [1.165, 1.54) is 0 Å². The fraction of sp³-hybridized carbons (Fsp3) is 0.364. The Morgan fingerprint density at radius 3 is 2.67 bits per heavy atom. The van der Waals surface area contributed by atoms with E-state index in [0.29, 0.717) is 11.5 Å². The van der Waals surface area contributed by atoms with E-state index in [2.05, 4.69) is 6.58 Å². The molecular weight excluding hydrogens is 194 g/mol. The number of allylic oxidation sites excluding steroid dienone is 3. The minimum absolute atomic E-state index is 0.101. The molecule has 4 heteroatoms. The molecule has 1 unspecified atom stereocenters. The number of carbonyl (C=O) groups is 1. The van der Waals surface area contributed by atoms with Gasteiger partial charge in [-0.25, -0.2) is 0 Å². The van der Waals surface area contributed by atoms with Crippen molar-refractivity contribution < 1.29 is 14.3 Å². The molecule has 0 aromatic rings. The second-order valence-electron chi connectivity index (χ2n) is 3.26. The quantitative estimate of drug-likeness (QED) is 0.754. The van der Waals surface area contributed by atoms with Crippen molar-refractivity contribution in [3.05, 3.63) is 35.8 Å². The molecular formula is C11H15NO3. The van der Waals surface area contributed by atoms with Gasteiger partial charge in [0.25, 0.3) is 0 Å². The van der Waals surface area contributed by atoms with Gasteiger partial charge >= 0.3 is 0 Å². The zero-order valence-corrected chi connectivity index (χ0v) is 8.95. The number of carbonyl (C=O) groups excluding carboxylic acids is 1. The van der Waals surface area contributed by atoms with Crippen LogP contribution in [0.1, 0.15) is 6.42 Å². The van der Waals surface area contributed by atoms with Gasteiger partial charge in [-0.15, -0.1) is 0 Å². The SMILES string of the molecule is C=C1C(OC)=C(OC)C=CC1CC(N)=O. The van der Waals surface area contributed by atoms with Crippen LogP contribution in [0.5, 0.6) is 0 Å². The molecule has 2 N–H and O–H groups in total. The van der Waals surface area contributed by atoms with E-state index in [1.807, 2.05) is 6.08 Å². The van der Waals surface area contributed by atoms with Gasteiger partial charge in [-0.3, -0.25) is 4.79 Å². The summed E-state index contributed by atoms with van der Waals surface area (Å²) in [6, 6.07) is 0. The van der Waals surface area contributed by atoms with E-state index in [1.54, 1.807) is 20.3 Å². The number of amides is 1. The van der Waals surface area contributed by atoms with Crippen LogP contribution in [-0.4, -0.2) is 20.1 Å². The number of primary amides is 1. The van der Waals surface area contributed by atoms with Crippen molar-refractivity contribution in [2.75, 3.05) is 14.2 Å². The minimum Gasteiger partial charge on any atom is -0.493 e. The summed E-state index contributed by atoms with van der Waals surface area (Å²) in [5.74, 6) is 0.730. The number of rotatable bonds is 4. The Bertz CT molecular complexity index is 342. The van der Waals surface area contributed by atoms with E-state index >= 15 is 0 Å². The van der Waals surface area contributed by atoms with E-state index < -0.39 is 0 Å². The molecule has 1 aliphatic rings. The Kier molecular flexibility index (Phi) is 3.55. The summed E-state index contributed by atoms with van der Waals surface area (Å²) < 4.78 is 10.3. The molecule has 0 saturated carbocycles. The van der Waals surface area contributed by atoms with Gasteiger partial charge in [0.1, 0.15) is 0 Å². The Labute approximate surface area is 89.0 Å². The van der Waals surface area contributed by atoms with E-state index in [0.717, 1.165) is 5.57 Å².